The quantitative estimate of drug-likeness (QED) is 0.0918. The van der Waals surface area contributed by atoms with Crippen molar-refractivity contribution >= 4 is 57.1 Å². The van der Waals surface area contributed by atoms with Crippen LogP contribution in [0.15, 0.2) is 83.0 Å². The Morgan fingerprint density at radius 1 is 0.949 bits per heavy atom. The number of amides is 3. The van der Waals surface area contributed by atoms with Gasteiger partial charge in [0.25, 0.3) is 11.8 Å². The molecule has 3 amide bonds. The second-order valence-electron chi connectivity index (χ2n) is 15.2. The average molecular weight is 844 g/mol. The van der Waals surface area contributed by atoms with E-state index in [-0.39, 0.29) is 47.5 Å². The molecule has 0 aliphatic carbocycles. The van der Waals surface area contributed by atoms with Gasteiger partial charge in [0.05, 0.1) is 61.5 Å². The Balaban J connectivity index is 0.998. The fourth-order valence-electron chi connectivity index (χ4n) is 7.71. The van der Waals surface area contributed by atoms with Crippen LogP contribution in [-0.4, -0.2) is 114 Å². The summed E-state index contributed by atoms with van der Waals surface area (Å²) in [6, 6.07) is 12.1. The maximum atomic E-state index is 14.1. The minimum Gasteiger partial charge on any atom is -0.493 e. The summed E-state index contributed by atoms with van der Waals surface area (Å²) >= 11 is 0. The van der Waals surface area contributed by atoms with Crippen molar-refractivity contribution in [2.75, 3.05) is 52.0 Å². The van der Waals surface area contributed by atoms with Gasteiger partial charge in [0.15, 0.2) is 29.2 Å². The van der Waals surface area contributed by atoms with Crippen molar-refractivity contribution in [2.24, 2.45) is 4.99 Å². The number of pyridine rings is 1. The summed E-state index contributed by atoms with van der Waals surface area (Å²) in [5.74, 6) is 1.10. The van der Waals surface area contributed by atoms with E-state index < -0.39 is 17.9 Å². The monoisotopic (exact) mass is 843 g/mol. The minimum atomic E-state index is -1.45. The van der Waals surface area contributed by atoms with Crippen LogP contribution < -0.4 is 23.8 Å². The number of methoxy groups -OCH3 is 2. The highest BCUT2D eigenvalue weighted by molar-refractivity contribution is 8.76. The summed E-state index contributed by atoms with van der Waals surface area (Å²) in [7, 11) is 6.01. The molecule has 16 heteroatoms. The van der Waals surface area contributed by atoms with Gasteiger partial charge in [-0.25, -0.2) is 14.7 Å². The van der Waals surface area contributed by atoms with Gasteiger partial charge in [-0.3, -0.25) is 14.6 Å². The summed E-state index contributed by atoms with van der Waals surface area (Å²) in [5, 5.41) is 12.7. The van der Waals surface area contributed by atoms with Crippen LogP contribution in [0.2, 0.25) is 0 Å². The summed E-state index contributed by atoms with van der Waals surface area (Å²) in [5.41, 5.74) is 1.95. The molecule has 2 aromatic carbocycles. The molecule has 59 heavy (non-hydrogen) atoms. The van der Waals surface area contributed by atoms with Gasteiger partial charge in [-0.05, 0) is 81.0 Å². The highest BCUT2D eigenvalue weighted by Gasteiger charge is 2.54. The largest absolute Gasteiger partial charge is 0.493 e. The molecule has 5 heterocycles. The maximum absolute atomic E-state index is 14.1. The number of aromatic nitrogens is 1. The number of aliphatic hydroxyl groups excluding tert-OH is 1. The van der Waals surface area contributed by atoms with Gasteiger partial charge in [0.2, 0.25) is 0 Å². The lowest BCUT2D eigenvalue weighted by molar-refractivity contribution is 0.00812. The van der Waals surface area contributed by atoms with E-state index in [1.807, 2.05) is 25.1 Å². The minimum absolute atomic E-state index is 0.0506. The number of nitrogens with zero attached hydrogens (tertiary/aromatic N) is 5. The zero-order chi connectivity index (χ0) is 41.8. The van der Waals surface area contributed by atoms with E-state index in [1.54, 1.807) is 53.4 Å². The molecule has 2 fully saturated rings. The van der Waals surface area contributed by atoms with Crippen LogP contribution in [0.1, 0.15) is 66.7 Å². The van der Waals surface area contributed by atoms with Gasteiger partial charge in [0.1, 0.15) is 11.6 Å². The molecule has 0 spiro atoms. The number of rotatable bonds is 15. The summed E-state index contributed by atoms with van der Waals surface area (Å²) in [6.07, 6.45) is 4.37. The normalized spacial score (nSPS) is 21.3. The van der Waals surface area contributed by atoms with Crippen molar-refractivity contribution in [3.8, 4) is 23.0 Å². The predicted octanol–water partition coefficient (Wildman–Crippen LogP) is 7.48. The molecule has 2 unspecified atom stereocenters. The Hall–Kier alpha value is -5.19. The van der Waals surface area contributed by atoms with Crippen molar-refractivity contribution in [2.45, 2.75) is 74.0 Å². The lowest BCUT2D eigenvalue weighted by Gasteiger charge is -2.40. The number of ether oxygens (including phenoxy) is 5. The van der Waals surface area contributed by atoms with Crippen molar-refractivity contribution in [3.63, 3.8) is 0 Å². The van der Waals surface area contributed by atoms with Crippen LogP contribution >= 0.6 is 21.6 Å². The lowest BCUT2D eigenvalue weighted by atomic mass is 9.94. The van der Waals surface area contributed by atoms with Crippen molar-refractivity contribution in [1.29, 1.82) is 0 Å². The van der Waals surface area contributed by atoms with Gasteiger partial charge in [-0.1, -0.05) is 41.2 Å². The Bertz CT molecular complexity index is 2150. The molecule has 14 nitrogen and oxygen atoms in total. The van der Waals surface area contributed by atoms with E-state index in [0.29, 0.717) is 79.7 Å². The first-order valence-electron chi connectivity index (χ1n) is 19.5. The van der Waals surface area contributed by atoms with Gasteiger partial charge >= 0.3 is 6.09 Å². The van der Waals surface area contributed by atoms with Crippen LogP contribution in [0, 0.1) is 0 Å². The molecule has 0 radical (unpaired) electrons. The topological polar surface area (TPSA) is 153 Å². The summed E-state index contributed by atoms with van der Waals surface area (Å²) < 4.78 is 29.4. The Morgan fingerprint density at radius 3 is 2.36 bits per heavy atom. The molecule has 0 saturated carbocycles. The molecule has 4 atom stereocenters. The first-order chi connectivity index (χ1) is 28.4. The standard InChI is InChI=1S/C43H49N5O9S2/c1-26-16-29-22-45-32-19-36(34(53-5)17-30(32)39(49)46(29)23-26)55-14-10-7-11-15-56-37-20-33-31(18-35(37)54-6)40(50)47-24-27(2)21-43(47,4)41(51)48(33)42(52)57-25-28(3)58-59-38-12-8-9-13-44-38/h8-9,12-13,17-20,22,28-29,41,51H,1-2,7,10-11,14-16,21,23-25H2,3-6H3/t28?,29?,41-,43-/m0/s1. The molecular formula is C43H49N5O9S2. The van der Waals surface area contributed by atoms with Crippen molar-refractivity contribution in [1.82, 2.24) is 14.8 Å². The summed E-state index contributed by atoms with van der Waals surface area (Å²) in [4.78, 5) is 54.9. The van der Waals surface area contributed by atoms with E-state index in [1.165, 1.54) is 35.8 Å². The SMILES string of the molecule is C=C1CC2C=Nc3cc(OCCCCCOc4cc5c(cc4OC)C(=O)N4CC(=C)C[C@@]4(C)[C@H](O)N5C(=O)OCC(C)SSc4ccccn4)c(OC)cc3C(=O)N2C1. The zero-order valence-corrected chi connectivity index (χ0v) is 35.3. The van der Waals surface area contributed by atoms with Crippen LogP contribution in [0.4, 0.5) is 16.2 Å². The lowest BCUT2D eigenvalue weighted by Crippen LogP contribution is -2.59. The predicted molar refractivity (Wildman–Crippen MR) is 228 cm³/mol. The fraction of sp³-hybridized carbons (Fsp3) is 0.419. The Kier molecular flexibility index (Phi) is 12.8. The smallest absolute Gasteiger partial charge is 0.416 e. The third-order valence-corrected chi connectivity index (χ3v) is 13.5. The van der Waals surface area contributed by atoms with E-state index in [0.717, 1.165) is 27.5 Å². The number of benzene rings is 2. The molecule has 3 aromatic rings. The average Bonchev–Trinajstić information content (AvgIpc) is 3.72. The van der Waals surface area contributed by atoms with E-state index in [9.17, 15) is 19.5 Å². The molecule has 312 valence electrons. The number of fused-ring (bicyclic) bond motifs is 4. The number of hydrogen-bond donors (Lipinski definition) is 1. The van der Waals surface area contributed by atoms with Gasteiger partial charge < -0.3 is 38.6 Å². The second kappa shape index (κ2) is 18.0. The van der Waals surface area contributed by atoms with E-state index >= 15 is 0 Å². The molecule has 0 bridgehead atoms. The highest BCUT2D eigenvalue weighted by atomic mass is 33.1. The Labute approximate surface area is 352 Å². The number of anilines is 1. The number of unbranched alkanes of at least 4 members (excludes halogenated alkanes) is 2. The first-order valence-corrected chi connectivity index (χ1v) is 21.7. The molecule has 2 saturated heterocycles. The van der Waals surface area contributed by atoms with Crippen molar-refractivity contribution in [3.05, 3.63) is 84.1 Å². The maximum Gasteiger partial charge on any atom is 0.416 e. The van der Waals surface area contributed by atoms with Crippen LogP contribution in [-0.2, 0) is 4.74 Å². The first kappa shape index (κ1) is 42.0. The molecule has 1 aromatic heterocycles. The third kappa shape index (κ3) is 8.75. The molecular weight excluding hydrogens is 795 g/mol. The number of carbonyl (C=O) groups is 3. The highest BCUT2D eigenvalue weighted by Crippen LogP contribution is 2.46. The number of aliphatic hydroxyl groups is 1. The summed E-state index contributed by atoms with van der Waals surface area (Å²) in [6.45, 7) is 13.3. The van der Waals surface area contributed by atoms with E-state index in [4.69, 9.17) is 23.7 Å². The molecule has 4 aliphatic heterocycles. The number of hydrogen-bond acceptors (Lipinski definition) is 13. The van der Waals surface area contributed by atoms with E-state index in [2.05, 4.69) is 23.1 Å². The molecule has 7 rings (SSSR count). The second-order valence-corrected chi connectivity index (χ2v) is 17.8. The number of aliphatic imine (C=N–C) groups is 1. The fourth-order valence-corrected chi connectivity index (χ4v) is 9.58. The van der Waals surface area contributed by atoms with Crippen LogP contribution in [0.5, 0.6) is 23.0 Å². The van der Waals surface area contributed by atoms with Gasteiger partial charge in [-0.2, -0.15) is 0 Å². The zero-order valence-electron chi connectivity index (χ0n) is 33.7. The van der Waals surface area contributed by atoms with Crippen molar-refractivity contribution < 1.29 is 43.2 Å². The van der Waals surface area contributed by atoms with Gasteiger partial charge in [0, 0.05) is 42.9 Å². The van der Waals surface area contributed by atoms with Crippen LogP contribution in [0.3, 0.4) is 0 Å². The Morgan fingerprint density at radius 2 is 1.66 bits per heavy atom. The van der Waals surface area contributed by atoms with Gasteiger partial charge in [-0.15, -0.1) is 0 Å². The molecule has 4 aliphatic rings. The van der Waals surface area contributed by atoms with Crippen LogP contribution in [0.25, 0.3) is 0 Å². The number of carbonyl (C=O) groups excluding carboxylic acids is 3. The third-order valence-electron chi connectivity index (χ3n) is 10.8. The molecule has 1 N–H and O–H groups in total.